The lowest BCUT2D eigenvalue weighted by atomic mass is 9.92. The first-order valence-corrected chi connectivity index (χ1v) is 11.3. The van der Waals surface area contributed by atoms with Crippen LogP contribution >= 0.6 is 12.6 Å². The Bertz CT molecular complexity index is 282. The lowest BCUT2D eigenvalue weighted by Crippen LogP contribution is -2.42. The summed E-state index contributed by atoms with van der Waals surface area (Å²) in [6.45, 7) is 3.22. The van der Waals surface area contributed by atoms with E-state index in [1.54, 1.807) is 0 Å². The van der Waals surface area contributed by atoms with Crippen LogP contribution < -0.4 is 0 Å². The van der Waals surface area contributed by atoms with Crippen LogP contribution in [-0.2, 0) is 18.9 Å². The van der Waals surface area contributed by atoms with Crippen molar-refractivity contribution in [3.8, 4) is 0 Å². The summed E-state index contributed by atoms with van der Waals surface area (Å²) < 4.78 is 22.6. The van der Waals surface area contributed by atoms with Gasteiger partial charge in [-0.3, -0.25) is 0 Å². The minimum absolute atomic E-state index is 0.0694. The van der Waals surface area contributed by atoms with E-state index >= 15 is 0 Å². The van der Waals surface area contributed by atoms with Crippen molar-refractivity contribution in [1.82, 2.24) is 0 Å². The quantitative estimate of drug-likeness (QED) is 0.0750. The molecule has 0 rings (SSSR count). The summed E-state index contributed by atoms with van der Waals surface area (Å²) in [5.41, 5.74) is -0.518. The zero-order chi connectivity index (χ0) is 23.6. The molecule has 0 bridgehead atoms. The van der Waals surface area contributed by atoms with Crippen LogP contribution in [0.2, 0.25) is 0 Å². The molecule has 0 amide bonds. The number of rotatable bonds is 22. The second-order valence-electron chi connectivity index (χ2n) is 7.04. The highest BCUT2D eigenvalue weighted by Crippen LogP contribution is 2.21. The number of hydrogen-bond acceptors (Lipinski definition) is 11. The van der Waals surface area contributed by atoms with Crippen molar-refractivity contribution in [2.24, 2.45) is 5.41 Å². The molecule has 0 fully saturated rings. The number of thiol groups is 1. The highest BCUT2D eigenvalue weighted by Gasteiger charge is 2.32. The molecule has 0 aromatic rings. The van der Waals surface area contributed by atoms with Crippen LogP contribution in [0, 0.1) is 5.41 Å². The van der Waals surface area contributed by atoms with Gasteiger partial charge in [0.05, 0.1) is 44.6 Å². The molecule has 31 heavy (non-hydrogen) atoms. The lowest BCUT2D eigenvalue weighted by Gasteiger charge is -2.33. The van der Waals surface area contributed by atoms with Crippen LogP contribution in [-0.4, -0.2) is 128 Å². The van der Waals surface area contributed by atoms with Gasteiger partial charge in [0.1, 0.15) is 0 Å². The molecule has 11 heteroatoms. The number of aliphatic hydroxyl groups is 6. The molecule has 6 N–H and O–H groups in total. The molecule has 0 radical (unpaired) electrons. The first kappa shape index (κ1) is 33.1. The zero-order valence-corrected chi connectivity index (χ0v) is 19.5. The molecule has 0 aliphatic rings. The van der Waals surface area contributed by atoms with Crippen molar-refractivity contribution in [2.75, 3.05) is 91.6 Å². The second kappa shape index (κ2) is 26.2. The molecule has 1 unspecified atom stereocenters. The van der Waals surface area contributed by atoms with Gasteiger partial charge in [0.2, 0.25) is 0 Å². The van der Waals surface area contributed by atoms with Crippen LogP contribution in [0.4, 0.5) is 0 Å². The van der Waals surface area contributed by atoms with Crippen molar-refractivity contribution >= 4 is 12.6 Å². The minimum Gasteiger partial charge on any atom is -0.396 e. The first-order valence-electron chi connectivity index (χ1n) is 10.7. The molecular formula is C20H44O10S. The van der Waals surface area contributed by atoms with Crippen LogP contribution in [0.3, 0.4) is 0 Å². The third-order valence-corrected chi connectivity index (χ3v) is 4.26. The molecule has 1 atom stereocenters. The van der Waals surface area contributed by atoms with Crippen LogP contribution in [0.25, 0.3) is 0 Å². The normalized spacial score (nSPS) is 12.5. The Morgan fingerprint density at radius 3 is 1.03 bits per heavy atom. The van der Waals surface area contributed by atoms with E-state index in [-0.39, 0.29) is 33.0 Å². The number of ether oxygens (including phenoxy) is 4. The van der Waals surface area contributed by atoms with Crippen molar-refractivity contribution in [2.45, 2.75) is 31.8 Å². The average Bonchev–Trinajstić information content (AvgIpc) is 2.80. The summed E-state index contributed by atoms with van der Waals surface area (Å²) in [6.07, 6.45) is 1.57. The molecule has 0 spiro atoms. The van der Waals surface area contributed by atoms with Gasteiger partial charge >= 0.3 is 0 Å². The zero-order valence-electron chi connectivity index (χ0n) is 18.6. The van der Waals surface area contributed by atoms with E-state index in [4.69, 9.17) is 49.6 Å². The van der Waals surface area contributed by atoms with Crippen molar-refractivity contribution < 1.29 is 49.6 Å². The van der Waals surface area contributed by atoms with Crippen molar-refractivity contribution in [3.05, 3.63) is 0 Å². The summed E-state index contributed by atoms with van der Waals surface area (Å²) in [7, 11) is 0. The van der Waals surface area contributed by atoms with E-state index in [2.05, 4.69) is 12.6 Å². The molecule has 0 aromatic heterocycles. The Morgan fingerprint density at radius 1 is 0.581 bits per heavy atom. The molecule has 0 aliphatic carbocycles. The molecule has 0 aromatic carbocycles. The fourth-order valence-corrected chi connectivity index (χ4v) is 2.24. The monoisotopic (exact) mass is 476 g/mol. The van der Waals surface area contributed by atoms with Crippen molar-refractivity contribution in [1.29, 1.82) is 0 Å². The summed E-state index contributed by atoms with van der Waals surface area (Å²) in [6, 6.07) is 0. The minimum atomic E-state index is -0.645. The Kier molecular flexibility index (Phi) is 28.0. The molecule has 0 saturated carbocycles. The van der Waals surface area contributed by atoms with E-state index < -0.39 is 11.5 Å². The Labute approximate surface area is 191 Å². The summed E-state index contributed by atoms with van der Waals surface area (Å²) in [4.78, 5) is 0. The highest BCUT2D eigenvalue weighted by atomic mass is 32.1. The largest absolute Gasteiger partial charge is 0.396 e. The van der Waals surface area contributed by atoms with Gasteiger partial charge in [-0.25, -0.2) is 0 Å². The SMILES string of the molecule is OCC(O)CS.OCCCOCC(COCCCO)(COCCCO)COCCCO. The van der Waals surface area contributed by atoms with Gasteiger partial charge in [-0.2, -0.15) is 12.6 Å². The molecule has 0 aliphatic heterocycles. The van der Waals surface area contributed by atoms with E-state index in [0.29, 0.717) is 84.3 Å². The van der Waals surface area contributed by atoms with Crippen LogP contribution in [0.1, 0.15) is 25.7 Å². The number of hydrogen-bond donors (Lipinski definition) is 7. The van der Waals surface area contributed by atoms with E-state index in [1.165, 1.54) is 0 Å². The second-order valence-corrected chi connectivity index (χ2v) is 7.40. The molecule has 0 saturated heterocycles. The Morgan fingerprint density at radius 2 is 0.871 bits per heavy atom. The predicted molar refractivity (Wildman–Crippen MR) is 119 cm³/mol. The first-order chi connectivity index (χ1) is 15.1. The van der Waals surface area contributed by atoms with E-state index in [0.717, 1.165) is 0 Å². The fourth-order valence-electron chi connectivity index (χ4n) is 2.13. The molecule has 10 nitrogen and oxygen atoms in total. The topological polar surface area (TPSA) is 158 Å². The highest BCUT2D eigenvalue weighted by molar-refractivity contribution is 7.80. The number of aliphatic hydroxyl groups excluding tert-OH is 6. The maximum absolute atomic E-state index is 8.87. The van der Waals surface area contributed by atoms with E-state index in [1.807, 2.05) is 0 Å². The molecule has 190 valence electrons. The third kappa shape index (κ3) is 22.9. The summed E-state index contributed by atoms with van der Waals surface area (Å²) >= 11 is 3.69. The van der Waals surface area contributed by atoms with Gasteiger partial charge < -0.3 is 49.6 Å². The maximum Gasteiger partial charge on any atom is 0.0858 e. The summed E-state index contributed by atoms with van der Waals surface area (Å²) in [5, 5.41) is 51.9. The maximum atomic E-state index is 8.87. The van der Waals surface area contributed by atoms with Gasteiger partial charge in [0, 0.05) is 58.6 Å². The lowest BCUT2D eigenvalue weighted by molar-refractivity contribution is -0.109. The van der Waals surface area contributed by atoms with E-state index in [9.17, 15) is 0 Å². The summed E-state index contributed by atoms with van der Waals surface area (Å²) in [5.74, 6) is 0.330. The molecular weight excluding hydrogens is 432 g/mol. The smallest absolute Gasteiger partial charge is 0.0858 e. The van der Waals surface area contributed by atoms with Gasteiger partial charge in [0.25, 0.3) is 0 Å². The predicted octanol–water partition coefficient (Wildman–Crippen LogP) is -1.16. The van der Waals surface area contributed by atoms with Gasteiger partial charge in [-0.1, -0.05) is 0 Å². The Balaban J connectivity index is 0. The Hall–Kier alpha value is -0.0500. The van der Waals surface area contributed by atoms with Gasteiger partial charge in [0.15, 0.2) is 0 Å². The molecule has 0 heterocycles. The van der Waals surface area contributed by atoms with Crippen LogP contribution in [0.5, 0.6) is 0 Å². The standard InChI is InChI=1S/C17H36O8.C3H8O2S/c18-5-1-9-22-13-17(14-23-10-2-6-19,15-24-11-3-7-20)16-25-12-4-8-21;4-1-3(5)2-6/h18-21H,1-16H2;3-6H,1-2H2. The van der Waals surface area contributed by atoms with Gasteiger partial charge in [-0.15, -0.1) is 0 Å². The van der Waals surface area contributed by atoms with Gasteiger partial charge in [-0.05, 0) is 25.7 Å². The fraction of sp³-hybridized carbons (Fsp3) is 1.00. The van der Waals surface area contributed by atoms with Crippen molar-refractivity contribution in [3.63, 3.8) is 0 Å². The average molecular weight is 477 g/mol. The third-order valence-electron chi connectivity index (χ3n) is 3.84. The van der Waals surface area contributed by atoms with Crippen LogP contribution in [0.15, 0.2) is 0 Å².